The number of rotatable bonds is 2. The van der Waals surface area contributed by atoms with Crippen molar-refractivity contribution in [1.82, 2.24) is 9.97 Å². The minimum Gasteiger partial charge on any atom is -0.423 e. The summed E-state index contributed by atoms with van der Waals surface area (Å²) in [6.45, 7) is 0. The molecule has 4 aromatic rings. The predicted molar refractivity (Wildman–Crippen MR) is 83.4 cm³/mol. The average Bonchev–Trinajstić information content (AvgIpc) is 2.92. The molecule has 5 nitrogen and oxygen atoms in total. The van der Waals surface area contributed by atoms with Crippen molar-refractivity contribution in [2.75, 3.05) is 11.1 Å². The number of hydrogen-bond donors (Lipinski definition) is 2. The summed E-state index contributed by atoms with van der Waals surface area (Å²) in [5.41, 5.74) is 9.63. The number of nitrogens with zero attached hydrogens (tertiary/aromatic N) is 2. The molecule has 0 saturated heterocycles. The molecule has 0 radical (unpaired) electrons. The maximum Gasteiger partial charge on any atom is 0.300 e. The third-order valence-electron chi connectivity index (χ3n) is 3.34. The largest absolute Gasteiger partial charge is 0.423 e. The molecule has 3 N–H and O–H groups in total. The van der Waals surface area contributed by atoms with Gasteiger partial charge in [-0.15, -0.1) is 0 Å². The van der Waals surface area contributed by atoms with Crippen LogP contribution < -0.4 is 11.1 Å². The summed E-state index contributed by atoms with van der Waals surface area (Å²) in [5.74, 6) is 0. The van der Waals surface area contributed by atoms with Crippen molar-refractivity contribution in [3.05, 3.63) is 54.7 Å². The maximum atomic E-state index is 5.89. The van der Waals surface area contributed by atoms with E-state index in [0.717, 1.165) is 16.6 Å². The summed E-state index contributed by atoms with van der Waals surface area (Å²) in [4.78, 5) is 8.72. The molecule has 0 bridgehead atoms. The zero-order valence-corrected chi connectivity index (χ0v) is 11.1. The van der Waals surface area contributed by atoms with E-state index in [1.54, 1.807) is 12.3 Å². The Morgan fingerprint density at radius 3 is 2.81 bits per heavy atom. The van der Waals surface area contributed by atoms with Crippen molar-refractivity contribution in [1.29, 1.82) is 0 Å². The zero-order chi connectivity index (χ0) is 14.2. The van der Waals surface area contributed by atoms with Gasteiger partial charge < -0.3 is 15.5 Å². The maximum absolute atomic E-state index is 5.89. The smallest absolute Gasteiger partial charge is 0.300 e. The van der Waals surface area contributed by atoms with Crippen molar-refractivity contribution in [2.24, 2.45) is 0 Å². The molecule has 2 heterocycles. The highest BCUT2D eigenvalue weighted by molar-refractivity contribution is 5.93. The van der Waals surface area contributed by atoms with Crippen LogP contribution in [-0.2, 0) is 0 Å². The molecule has 0 atom stereocenters. The summed E-state index contributed by atoms with van der Waals surface area (Å²) >= 11 is 0. The number of aromatic nitrogens is 2. The first-order valence-electron chi connectivity index (χ1n) is 6.57. The predicted octanol–water partition coefficient (Wildman–Crippen LogP) is 3.70. The molecule has 0 aliphatic carbocycles. The van der Waals surface area contributed by atoms with E-state index in [1.165, 1.54) is 0 Å². The molecule has 5 heteroatoms. The summed E-state index contributed by atoms with van der Waals surface area (Å²) in [6, 6.07) is 15.7. The SMILES string of the molecule is Nc1cccc2oc(Nc3cccc4ncccc34)nc12. The Kier molecular flexibility index (Phi) is 2.50. The molecule has 0 aliphatic heterocycles. The number of nitrogen functional groups attached to an aromatic ring is 1. The fraction of sp³-hybridized carbons (Fsp3) is 0. The Balaban J connectivity index is 1.81. The molecule has 0 saturated carbocycles. The van der Waals surface area contributed by atoms with Crippen LogP contribution in [0.3, 0.4) is 0 Å². The zero-order valence-electron chi connectivity index (χ0n) is 11.1. The van der Waals surface area contributed by atoms with Crippen molar-refractivity contribution in [2.45, 2.75) is 0 Å². The van der Waals surface area contributed by atoms with Crippen LogP contribution in [-0.4, -0.2) is 9.97 Å². The van der Waals surface area contributed by atoms with E-state index in [1.807, 2.05) is 42.5 Å². The Morgan fingerprint density at radius 2 is 1.90 bits per heavy atom. The number of para-hydroxylation sites is 1. The molecule has 0 amide bonds. The quantitative estimate of drug-likeness (QED) is 0.546. The summed E-state index contributed by atoms with van der Waals surface area (Å²) in [6.07, 6.45) is 1.77. The minimum atomic E-state index is 0.416. The molecular formula is C16H12N4O. The number of hydrogen-bond acceptors (Lipinski definition) is 5. The highest BCUT2D eigenvalue weighted by Gasteiger charge is 2.09. The number of anilines is 3. The molecule has 0 fully saturated rings. The lowest BCUT2D eigenvalue weighted by molar-refractivity contribution is 0.623. The monoisotopic (exact) mass is 276 g/mol. The molecule has 2 aromatic carbocycles. The van der Waals surface area contributed by atoms with Crippen LogP contribution in [0.1, 0.15) is 0 Å². The fourth-order valence-corrected chi connectivity index (χ4v) is 2.35. The van der Waals surface area contributed by atoms with Gasteiger partial charge in [0.15, 0.2) is 5.58 Å². The van der Waals surface area contributed by atoms with E-state index < -0.39 is 0 Å². The highest BCUT2D eigenvalue weighted by atomic mass is 16.4. The van der Waals surface area contributed by atoms with Gasteiger partial charge in [-0.05, 0) is 36.4 Å². The summed E-state index contributed by atoms with van der Waals surface area (Å²) < 4.78 is 5.68. The van der Waals surface area contributed by atoms with E-state index in [-0.39, 0.29) is 0 Å². The second kappa shape index (κ2) is 4.49. The van der Waals surface area contributed by atoms with Crippen LogP contribution in [0.5, 0.6) is 0 Å². The lowest BCUT2D eigenvalue weighted by Crippen LogP contribution is -1.92. The normalized spacial score (nSPS) is 11.0. The van der Waals surface area contributed by atoms with Gasteiger partial charge >= 0.3 is 0 Å². The lowest BCUT2D eigenvalue weighted by Gasteiger charge is -2.05. The number of nitrogens with one attached hydrogen (secondary N) is 1. The van der Waals surface area contributed by atoms with Crippen LogP contribution in [0, 0.1) is 0 Å². The van der Waals surface area contributed by atoms with Gasteiger partial charge in [-0.3, -0.25) is 4.98 Å². The third-order valence-corrected chi connectivity index (χ3v) is 3.34. The number of pyridine rings is 1. The van der Waals surface area contributed by atoms with Crippen molar-refractivity contribution < 1.29 is 4.42 Å². The van der Waals surface area contributed by atoms with Crippen LogP contribution >= 0.6 is 0 Å². The molecule has 0 spiro atoms. The average molecular weight is 276 g/mol. The number of oxazole rings is 1. The van der Waals surface area contributed by atoms with Gasteiger partial charge in [-0.25, -0.2) is 0 Å². The number of benzene rings is 2. The molecule has 102 valence electrons. The first-order valence-corrected chi connectivity index (χ1v) is 6.57. The summed E-state index contributed by atoms with van der Waals surface area (Å²) in [5, 5.41) is 4.20. The van der Waals surface area contributed by atoms with Crippen LogP contribution in [0.2, 0.25) is 0 Å². The number of fused-ring (bicyclic) bond motifs is 2. The van der Waals surface area contributed by atoms with Crippen LogP contribution in [0.15, 0.2) is 59.1 Å². The van der Waals surface area contributed by atoms with Crippen molar-refractivity contribution in [3.8, 4) is 0 Å². The Bertz CT molecular complexity index is 940. The molecular weight excluding hydrogens is 264 g/mol. The Morgan fingerprint density at radius 1 is 1.00 bits per heavy atom. The second-order valence-electron chi connectivity index (χ2n) is 4.71. The van der Waals surface area contributed by atoms with E-state index in [9.17, 15) is 0 Å². The Labute approximate surface area is 120 Å². The summed E-state index contributed by atoms with van der Waals surface area (Å²) in [7, 11) is 0. The molecule has 2 aromatic heterocycles. The van der Waals surface area contributed by atoms with E-state index in [2.05, 4.69) is 15.3 Å². The lowest BCUT2D eigenvalue weighted by atomic mass is 10.2. The van der Waals surface area contributed by atoms with Gasteiger partial charge in [-0.1, -0.05) is 12.1 Å². The first kappa shape index (κ1) is 11.7. The topological polar surface area (TPSA) is 77.0 Å². The standard InChI is InChI=1S/C16H12N4O/c17-11-5-1-8-14-15(11)20-16(21-14)19-13-7-2-6-12-10(13)4-3-9-18-12/h1-9H,17H2,(H,19,20). The molecule has 0 unspecified atom stereocenters. The Hall–Kier alpha value is -3.08. The fourth-order valence-electron chi connectivity index (χ4n) is 2.35. The van der Waals surface area contributed by atoms with E-state index >= 15 is 0 Å². The number of nitrogens with two attached hydrogens (primary N) is 1. The van der Waals surface area contributed by atoms with Gasteiger partial charge in [-0.2, -0.15) is 4.98 Å². The molecule has 0 aliphatic rings. The van der Waals surface area contributed by atoms with E-state index in [0.29, 0.717) is 22.8 Å². The molecule has 4 rings (SSSR count). The van der Waals surface area contributed by atoms with Crippen molar-refractivity contribution >= 4 is 39.4 Å². The highest BCUT2D eigenvalue weighted by Crippen LogP contribution is 2.28. The van der Waals surface area contributed by atoms with Gasteiger partial charge in [0.1, 0.15) is 5.52 Å². The van der Waals surface area contributed by atoms with Gasteiger partial charge in [0.25, 0.3) is 6.01 Å². The van der Waals surface area contributed by atoms with Gasteiger partial charge in [0.05, 0.1) is 16.9 Å². The van der Waals surface area contributed by atoms with Crippen LogP contribution in [0.25, 0.3) is 22.0 Å². The first-order chi connectivity index (χ1) is 10.3. The third kappa shape index (κ3) is 1.95. The van der Waals surface area contributed by atoms with Gasteiger partial charge in [0.2, 0.25) is 0 Å². The molecule has 21 heavy (non-hydrogen) atoms. The van der Waals surface area contributed by atoms with Crippen LogP contribution in [0.4, 0.5) is 17.4 Å². The van der Waals surface area contributed by atoms with Crippen molar-refractivity contribution in [3.63, 3.8) is 0 Å². The second-order valence-corrected chi connectivity index (χ2v) is 4.71. The van der Waals surface area contributed by atoms with Gasteiger partial charge in [0, 0.05) is 11.6 Å². The minimum absolute atomic E-state index is 0.416. The van der Waals surface area contributed by atoms with E-state index in [4.69, 9.17) is 10.2 Å².